The quantitative estimate of drug-likeness (QED) is 0.745. The highest BCUT2D eigenvalue weighted by molar-refractivity contribution is 5.18. The lowest BCUT2D eigenvalue weighted by molar-refractivity contribution is 0.164. The van der Waals surface area contributed by atoms with Crippen molar-refractivity contribution >= 4 is 0 Å². The van der Waals surface area contributed by atoms with E-state index in [0.717, 1.165) is 19.1 Å². The van der Waals surface area contributed by atoms with Crippen molar-refractivity contribution in [3.8, 4) is 0 Å². The van der Waals surface area contributed by atoms with Crippen LogP contribution in [-0.2, 0) is 4.74 Å². The Morgan fingerprint density at radius 1 is 1.12 bits per heavy atom. The zero-order chi connectivity index (χ0) is 12.5. The number of hydrogen-bond donors (Lipinski definition) is 1. The predicted molar refractivity (Wildman–Crippen MR) is 73.1 cm³/mol. The van der Waals surface area contributed by atoms with Crippen LogP contribution in [0, 0.1) is 5.92 Å². The molecule has 2 heteroatoms. The van der Waals surface area contributed by atoms with Gasteiger partial charge in [0.2, 0.25) is 0 Å². The summed E-state index contributed by atoms with van der Waals surface area (Å²) in [5.41, 5.74) is 1.31. The van der Waals surface area contributed by atoms with Crippen molar-refractivity contribution < 1.29 is 4.74 Å². The van der Waals surface area contributed by atoms with Gasteiger partial charge >= 0.3 is 0 Å². The molecule has 17 heavy (non-hydrogen) atoms. The molecule has 1 rings (SSSR count). The molecule has 0 amide bonds. The van der Waals surface area contributed by atoms with Gasteiger partial charge in [-0.1, -0.05) is 57.0 Å². The van der Waals surface area contributed by atoms with Crippen molar-refractivity contribution in [2.45, 2.75) is 32.7 Å². The summed E-state index contributed by atoms with van der Waals surface area (Å²) in [6.45, 7) is 6.30. The molecule has 0 fully saturated rings. The maximum Gasteiger partial charge on any atom is 0.0657 e. The second kappa shape index (κ2) is 8.26. The lowest BCUT2D eigenvalue weighted by Gasteiger charge is -2.21. The molecular weight excluding hydrogens is 210 g/mol. The van der Waals surface area contributed by atoms with Gasteiger partial charge in [-0.2, -0.15) is 0 Å². The Kier molecular flexibility index (Phi) is 6.90. The first-order chi connectivity index (χ1) is 8.31. The normalized spacial score (nSPS) is 12.9. The largest absolute Gasteiger partial charge is 0.383 e. The van der Waals surface area contributed by atoms with Gasteiger partial charge in [-0.15, -0.1) is 0 Å². The Labute approximate surface area is 105 Å². The predicted octanol–water partition coefficient (Wildman–Crippen LogP) is 3.40. The SMILES string of the molecule is CCC(CC)CNC(COC)c1ccccc1. The van der Waals surface area contributed by atoms with Crippen LogP contribution in [0.1, 0.15) is 38.3 Å². The van der Waals surface area contributed by atoms with Crippen LogP contribution in [0.4, 0.5) is 0 Å². The molecule has 1 aromatic rings. The van der Waals surface area contributed by atoms with Crippen LogP contribution in [0.3, 0.4) is 0 Å². The monoisotopic (exact) mass is 235 g/mol. The van der Waals surface area contributed by atoms with Crippen molar-refractivity contribution in [1.29, 1.82) is 0 Å². The molecule has 0 saturated carbocycles. The average Bonchev–Trinajstić information content (AvgIpc) is 2.39. The summed E-state index contributed by atoms with van der Waals surface area (Å²) in [6, 6.07) is 10.8. The molecule has 0 heterocycles. The van der Waals surface area contributed by atoms with Crippen molar-refractivity contribution in [3.05, 3.63) is 35.9 Å². The van der Waals surface area contributed by atoms with Crippen molar-refractivity contribution in [2.24, 2.45) is 5.92 Å². The molecule has 0 bridgehead atoms. The third kappa shape index (κ3) is 4.88. The van der Waals surface area contributed by atoms with Gasteiger partial charge < -0.3 is 10.1 Å². The molecule has 2 nitrogen and oxygen atoms in total. The second-order valence-electron chi connectivity index (χ2n) is 4.51. The number of methoxy groups -OCH3 is 1. The van der Waals surface area contributed by atoms with Gasteiger partial charge in [0.15, 0.2) is 0 Å². The number of ether oxygens (including phenoxy) is 1. The summed E-state index contributed by atoms with van der Waals surface area (Å²) in [5, 5.41) is 3.61. The average molecular weight is 235 g/mol. The minimum atomic E-state index is 0.307. The van der Waals surface area contributed by atoms with E-state index in [1.165, 1.54) is 18.4 Å². The molecule has 96 valence electrons. The van der Waals surface area contributed by atoms with Gasteiger partial charge in [-0.3, -0.25) is 0 Å². The third-order valence-corrected chi connectivity index (χ3v) is 3.34. The fourth-order valence-corrected chi connectivity index (χ4v) is 2.01. The van der Waals surface area contributed by atoms with Crippen molar-refractivity contribution in [1.82, 2.24) is 5.32 Å². The first kappa shape index (κ1) is 14.2. The maximum atomic E-state index is 5.30. The molecule has 0 aromatic heterocycles. The summed E-state index contributed by atoms with van der Waals surface area (Å²) in [7, 11) is 1.76. The first-order valence-corrected chi connectivity index (χ1v) is 6.59. The van der Waals surface area contributed by atoms with E-state index in [2.05, 4.69) is 43.4 Å². The van der Waals surface area contributed by atoms with Crippen LogP contribution >= 0.6 is 0 Å². The zero-order valence-corrected chi connectivity index (χ0v) is 11.3. The Hall–Kier alpha value is -0.860. The molecule has 1 atom stereocenters. The molecule has 0 spiro atoms. The van der Waals surface area contributed by atoms with Crippen LogP contribution in [0.5, 0.6) is 0 Å². The molecule has 1 unspecified atom stereocenters. The van der Waals surface area contributed by atoms with E-state index < -0.39 is 0 Å². The van der Waals surface area contributed by atoms with E-state index in [9.17, 15) is 0 Å². The highest BCUT2D eigenvalue weighted by atomic mass is 16.5. The fourth-order valence-electron chi connectivity index (χ4n) is 2.01. The second-order valence-corrected chi connectivity index (χ2v) is 4.51. The summed E-state index contributed by atoms with van der Waals surface area (Å²) in [5.74, 6) is 0.762. The smallest absolute Gasteiger partial charge is 0.0657 e. The van der Waals surface area contributed by atoms with E-state index in [1.807, 2.05) is 6.07 Å². The fraction of sp³-hybridized carbons (Fsp3) is 0.600. The van der Waals surface area contributed by atoms with Gasteiger partial charge in [-0.05, 0) is 18.0 Å². The number of benzene rings is 1. The summed E-state index contributed by atoms with van der Waals surface area (Å²) < 4.78 is 5.30. The van der Waals surface area contributed by atoms with Crippen molar-refractivity contribution in [3.63, 3.8) is 0 Å². The number of rotatable bonds is 8. The van der Waals surface area contributed by atoms with E-state index in [0.29, 0.717) is 6.04 Å². The van der Waals surface area contributed by atoms with Gasteiger partial charge in [0.25, 0.3) is 0 Å². The van der Waals surface area contributed by atoms with Gasteiger partial charge in [0.1, 0.15) is 0 Å². The highest BCUT2D eigenvalue weighted by Gasteiger charge is 2.12. The van der Waals surface area contributed by atoms with E-state index >= 15 is 0 Å². The Balaban J connectivity index is 2.55. The van der Waals surface area contributed by atoms with Gasteiger partial charge in [0, 0.05) is 7.11 Å². The van der Waals surface area contributed by atoms with Crippen LogP contribution < -0.4 is 5.32 Å². The topological polar surface area (TPSA) is 21.3 Å². The molecular formula is C15H25NO. The summed E-state index contributed by atoms with van der Waals surface area (Å²) in [6.07, 6.45) is 2.47. The van der Waals surface area contributed by atoms with Crippen LogP contribution in [0.25, 0.3) is 0 Å². The third-order valence-electron chi connectivity index (χ3n) is 3.34. The molecule has 0 radical (unpaired) electrons. The summed E-state index contributed by atoms with van der Waals surface area (Å²) >= 11 is 0. The van der Waals surface area contributed by atoms with E-state index in [1.54, 1.807) is 7.11 Å². The zero-order valence-electron chi connectivity index (χ0n) is 11.3. The van der Waals surface area contributed by atoms with Gasteiger partial charge in [0.05, 0.1) is 12.6 Å². The molecule has 1 N–H and O–H groups in total. The molecule has 0 aliphatic carbocycles. The minimum absolute atomic E-state index is 0.307. The van der Waals surface area contributed by atoms with E-state index in [4.69, 9.17) is 4.74 Å². The van der Waals surface area contributed by atoms with Crippen LogP contribution in [-0.4, -0.2) is 20.3 Å². The number of nitrogens with one attached hydrogen (secondary N) is 1. The summed E-state index contributed by atoms with van der Waals surface area (Å²) in [4.78, 5) is 0. The molecule has 0 saturated heterocycles. The van der Waals surface area contributed by atoms with E-state index in [-0.39, 0.29) is 0 Å². The first-order valence-electron chi connectivity index (χ1n) is 6.59. The highest BCUT2D eigenvalue weighted by Crippen LogP contribution is 2.14. The lowest BCUT2D eigenvalue weighted by atomic mass is 10.0. The van der Waals surface area contributed by atoms with Gasteiger partial charge in [-0.25, -0.2) is 0 Å². The van der Waals surface area contributed by atoms with Crippen molar-refractivity contribution in [2.75, 3.05) is 20.3 Å². The standard InChI is InChI=1S/C15H25NO/c1-4-13(5-2)11-16-15(12-17-3)14-9-7-6-8-10-14/h6-10,13,15-16H,4-5,11-12H2,1-3H3. The number of hydrogen-bond acceptors (Lipinski definition) is 2. The Morgan fingerprint density at radius 2 is 1.76 bits per heavy atom. The van der Waals surface area contributed by atoms with Crippen LogP contribution in [0.2, 0.25) is 0 Å². The Bertz CT molecular complexity index is 282. The molecule has 1 aromatic carbocycles. The maximum absolute atomic E-state index is 5.30. The molecule has 0 aliphatic rings. The molecule has 0 aliphatic heterocycles. The van der Waals surface area contributed by atoms with Crippen LogP contribution in [0.15, 0.2) is 30.3 Å². The minimum Gasteiger partial charge on any atom is -0.383 e. The lowest BCUT2D eigenvalue weighted by Crippen LogP contribution is -2.29. The Morgan fingerprint density at radius 3 is 2.29 bits per heavy atom.